The van der Waals surface area contributed by atoms with Crippen LogP contribution >= 0.6 is 35.6 Å². The van der Waals surface area contributed by atoms with E-state index in [4.69, 9.17) is 42.2 Å². The highest BCUT2D eigenvalue weighted by Gasteiger charge is 1.91. The fourth-order valence-corrected chi connectivity index (χ4v) is 2.81. The average Bonchev–Trinajstić information content (AvgIpc) is 2.92. The molecule has 2 aromatic rings. The number of nitrogens with one attached hydrogen (secondary N) is 2. The van der Waals surface area contributed by atoms with Gasteiger partial charge < -0.3 is 10.2 Å². The van der Waals surface area contributed by atoms with Crippen LogP contribution in [-0.4, -0.2) is 24.3 Å². The molecule has 7 nitrogen and oxygen atoms in total. The number of benzene rings is 2. The largest absolute Gasteiger partial charge is 0.324 e. The number of carbonyl (C=O) groups excluding carboxylic acids is 1. The summed E-state index contributed by atoms with van der Waals surface area (Å²) in [6, 6.07) is 14.2. The van der Waals surface area contributed by atoms with Crippen LogP contribution < -0.4 is 16.7 Å². The van der Waals surface area contributed by atoms with Gasteiger partial charge in [0.25, 0.3) is 0 Å². The first kappa shape index (κ1) is 38.7. The zero-order valence-corrected chi connectivity index (χ0v) is 22.7. The highest BCUT2D eigenvalue weighted by Crippen LogP contribution is 2.16. The number of carbonyl (C=O) groups is 1. The molecule has 0 aliphatic rings. The maximum absolute atomic E-state index is 9.74. The number of unbranched alkanes of at least 4 members (excludes halogenated alkanes) is 6. The number of nitrogens with two attached hydrogens (primary N) is 1. The maximum atomic E-state index is 9.74. The quantitative estimate of drug-likeness (QED) is 0.0427. The Bertz CT molecular complexity index is 894. The number of hydrazine groups is 1. The summed E-state index contributed by atoms with van der Waals surface area (Å²) in [4.78, 5) is 16.3. The van der Waals surface area contributed by atoms with Gasteiger partial charge in [0.2, 0.25) is 0 Å². The molecule has 0 unspecified atom stereocenters. The standard InChI is InChI=1S/C13H16ClN3.C7H7N3.C6H11ClO.CH4.ClH/c1-15-12-6-8-13(9-7-12)17-16-11-5-3-2-4-10-14;1-9-6-2-4-7(10-8)5-3-6;7-5-3-1-2-4-6-8;;/h6-9,11,17H,2-5,10H2;2-5,10H,8H2;6H,1-5H2;1H4;1H/b16-11-;;;;. The third-order valence-corrected chi connectivity index (χ3v) is 4.90. The van der Waals surface area contributed by atoms with Crippen LogP contribution in [0.4, 0.5) is 22.7 Å². The van der Waals surface area contributed by atoms with Gasteiger partial charge in [-0.2, -0.15) is 5.10 Å². The Hall–Kier alpha value is -2.81. The number of hydrogen-bond donors (Lipinski definition) is 3. The summed E-state index contributed by atoms with van der Waals surface area (Å²) >= 11 is 11.0. The maximum Gasteiger partial charge on any atom is 0.187 e. The van der Waals surface area contributed by atoms with E-state index in [1.165, 1.54) is 0 Å². The predicted octanol–water partition coefficient (Wildman–Crippen LogP) is 9.00. The van der Waals surface area contributed by atoms with E-state index in [1.54, 1.807) is 36.4 Å². The molecule has 0 radical (unpaired) electrons. The first-order chi connectivity index (χ1) is 17.1. The second-order valence-corrected chi connectivity index (χ2v) is 7.88. The molecule has 0 aromatic heterocycles. The van der Waals surface area contributed by atoms with Gasteiger partial charge in [0, 0.05) is 30.1 Å². The Morgan fingerprint density at radius 2 is 1.24 bits per heavy atom. The van der Waals surface area contributed by atoms with Crippen molar-refractivity contribution in [2.24, 2.45) is 10.9 Å². The van der Waals surface area contributed by atoms with Crippen molar-refractivity contribution in [1.29, 1.82) is 0 Å². The SMILES string of the molecule is C.Cl.O=CCCCCCCl.[C-]#[N+]c1ccc(N/N=C\CCCCCCl)cc1.[C-]#[N+]c1ccc(NN)cc1. The molecule has 0 aliphatic heterocycles. The Morgan fingerprint density at radius 3 is 1.65 bits per heavy atom. The molecule has 0 saturated heterocycles. The van der Waals surface area contributed by atoms with Gasteiger partial charge in [-0.1, -0.05) is 44.5 Å². The van der Waals surface area contributed by atoms with Crippen LogP contribution in [-0.2, 0) is 4.79 Å². The molecule has 37 heavy (non-hydrogen) atoms. The predicted molar refractivity (Wildman–Crippen MR) is 164 cm³/mol. The van der Waals surface area contributed by atoms with E-state index < -0.39 is 0 Å². The minimum absolute atomic E-state index is 0. The Labute approximate surface area is 238 Å². The van der Waals surface area contributed by atoms with Crippen molar-refractivity contribution in [3.8, 4) is 0 Å². The molecule has 0 atom stereocenters. The van der Waals surface area contributed by atoms with Crippen LogP contribution in [0.1, 0.15) is 58.8 Å². The number of anilines is 2. The monoisotopic (exact) mass is 568 g/mol. The molecule has 0 heterocycles. The first-order valence-corrected chi connectivity index (χ1v) is 12.5. The molecule has 4 N–H and O–H groups in total. The van der Waals surface area contributed by atoms with Crippen molar-refractivity contribution in [1.82, 2.24) is 0 Å². The molecule has 0 spiro atoms. The summed E-state index contributed by atoms with van der Waals surface area (Å²) < 4.78 is 0. The number of nitrogens with zero attached hydrogens (tertiary/aromatic N) is 3. The molecule has 204 valence electrons. The first-order valence-electron chi connectivity index (χ1n) is 11.4. The smallest absolute Gasteiger partial charge is 0.187 e. The van der Waals surface area contributed by atoms with Gasteiger partial charge in [-0.05, 0) is 56.4 Å². The molecule has 0 bridgehead atoms. The third-order valence-electron chi connectivity index (χ3n) is 4.37. The molecule has 0 fully saturated rings. The van der Waals surface area contributed by atoms with Gasteiger partial charge in [0.1, 0.15) is 6.29 Å². The van der Waals surface area contributed by atoms with E-state index in [0.717, 1.165) is 74.4 Å². The Morgan fingerprint density at radius 1 is 0.784 bits per heavy atom. The summed E-state index contributed by atoms with van der Waals surface area (Å²) in [5.41, 5.74) is 8.38. The van der Waals surface area contributed by atoms with Gasteiger partial charge in [-0.15, -0.1) is 35.6 Å². The number of hydrogen-bond acceptors (Lipinski definition) is 5. The Balaban J connectivity index is -0.000000497. The van der Waals surface area contributed by atoms with Crippen molar-refractivity contribution in [2.45, 2.75) is 58.8 Å². The molecular formula is C27H39Cl3N6O. The topological polar surface area (TPSA) is 88.2 Å². The fraction of sp³-hybridized carbons (Fsp3) is 0.407. The number of aldehydes is 1. The van der Waals surface area contributed by atoms with Crippen molar-refractivity contribution in [2.75, 3.05) is 22.6 Å². The number of alkyl halides is 2. The summed E-state index contributed by atoms with van der Waals surface area (Å²) in [7, 11) is 0. The Kier molecular flexibility index (Phi) is 30.8. The number of nitrogen functional groups attached to an aromatic ring is 1. The van der Waals surface area contributed by atoms with Gasteiger partial charge in [0.15, 0.2) is 11.4 Å². The zero-order chi connectivity index (χ0) is 26.0. The summed E-state index contributed by atoms with van der Waals surface area (Å²) in [6.07, 6.45) is 10.9. The average molecular weight is 570 g/mol. The lowest BCUT2D eigenvalue weighted by atomic mass is 10.2. The molecule has 10 heteroatoms. The number of halogens is 3. The summed E-state index contributed by atoms with van der Waals surface area (Å²) in [5.74, 6) is 6.57. The molecular weight excluding hydrogens is 531 g/mol. The molecule has 0 amide bonds. The van der Waals surface area contributed by atoms with Crippen molar-refractivity contribution in [3.05, 3.63) is 71.4 Å². The fourth-order valence-electron chi connectivity index (χ4n) is 2.43. The van der Waals surface area contributed by atoms with E-state index in [0.29, 0.717) is 17.8 Å². The van der Waals surface area contributed by atoms with Crippen molar-refractivity contribution < 1.29 is 4.79 Å². The third kappa shape index (κ3) is 23.3. The van der Waals surface area contributed by atoms with Gasteiger partial charge >= 0.3 is 0 Å². The minimum atomic E-state index is 0. The normalized spacial score (nSPS) is 9.00. The van der Waals surface area contributed by atoms with E-state index in [-0.39, 0.29) is 19.8 Å². The van der Waals surface area contributed by atoms with Crippen LogP contribution in [0, 0.1) is 13.1 Å². The van der Waals surface area contributed by atoms with Gasteiger partial charge in [-0.3, -0.25) is 11.3 Å². The lowest BCUT2D eigenvalue weighted by molar-refractivity contribution is -0.107. The van der Waals surface area contributed by atoms with E-state index in [9.17, 15) is 4.79 Å². The summed E-state index contributed by atoms with van der Waals surface area (Å²) in [6.45, 7) is 13.5. The zero-order valence-electron chi connectivity index (χ0n) is 20.3. The number of hydrazone groups is 1. The van der Waals surface area contributed by atoms with Gasteiger partial charge in [0.05, 0.1) is 18.8 Å². The van der Waals surface area contributed by atoms with Crippen LogP contribution in [0.15, 0.2) is 53.6 Å². The highest BCUT2D eigenvalue weighted by molar-refractivity contribution is 6.18. The second kappa shape index (κ2) is 29.4. The van der Waals surface area contributed by atoms with Crippen LogP contribution in [0.2, 0.25) is 0 Å². The van der Waals surface area contributed by atoms with Crippen molar-refractivity contribution >= 4 is 70.9 Å². The van der Waals surface area contributed by atoms with Crippen LogP contribution in [0.25, 0.3) is 9.69 Å². The molecule has 2 rings (SSSR count). The van der Waals surface area contributed by atoms with E-state index in [1.807, 2.05) is 18.3 Å². The van der Waals surface area contributed by atoms with Gasteiger partial charge in [-0.25, -0.2) is 9.69 Å². The number of rotatable bonds is 13. The minimum Gasteiger partial charge on any atom is -0.324 e. The van der Waals surface area contributed by atoms with Crippen LogP contribution in [0.5, 0.6) is 0 Å². The lowest BCUT2D eigenvalue weighted by Crippen LogP contribution is -2.05. The second-order valence-electron chi connectivity index (χ2n) is 7.13. The molecule has 2 aromatic carbocycles. The lowest BCUT2D eigenvalue weighted by Gasteiger charge is -1.99. The van der Waals surface area contributed by atoms with Crippen LogP contribution in [0.3, 0.4) is 0 Å². The summed E-state index contributed by atoms with van der Waals surface area (Å²) in [5, 5.41) is 4.11. The molecule has 0 saturated carbocycles. The van der Waals surface area contributed by atoms with E-state index in [2.05, 4.69) is 25.6 Å². The highest BCUT2D eigenvalue weighted by atomic mass is 35.5. The van der Waals surface area contributed by atoms with Crippen molar-refractivity contribution in [3.63, 3.8) is 0 Å². The van der Waals surface area contributed by atoms with E-state index >= 15 is 0 Å². The molecule has 0 aliphatic carbocycles.